The fourth-order valence-electron chi connectivity index (χ4n) is 7.74. The first kappa shape index (κ1) is 36.1. The average molecular weight is 757 g/mol. The highest BCUT2D eigenvalue weighted by atomic mass is 32.1. The van der Waals surface area contributed by atoms with Gasteiger partial charge in [0, 0.05) is 77.1 Å². The third-order valence-electron chi connectivity index (χ3n) is 10.9. The number of aromatic nitrogens is 3. The van der Waals surface area contributed by atoms with Crippen LogP contribution in [0.4, 0.5) is 21.0 Å². The molecule has 1 aliphatic carbocycles. The van der Waals surface area contributed by atoms with Gasteiger partial charge >= 0.3 is 0 Å². The number of piperidine rings is 2. The van der Waals surface area contributed by atoms with Crippen LogP contribution < -0.4 is 30.7 Å². The number of imide groups is 1. The minimum Gasteiger partial charge on any atom is -0.490 e. The van der Waals surface area contributed by atoms with Crippen LogP contribution in [-0.2, 0) is 9.59 Å². The van der Waals surface area contributed by atoms with Crippen LogP contribution in [0.2, 0.25) is 0 Å². The summed E-state index contributed by atoms with van der Waals surface area (Å²) in [5, 5.41) is 6.07. The number of amides is 3. The van der Waals surface area contributed by atoms with E-state index in [1.807, 2.05) is 26.0 Å². The quantitative estimate of drug-likeness (QED) is 0.218. The van der Waals surface area contributed by atoms with Crippen molar-refractivity contribution in [3.63, 3.8) is 0 Å². The summed E-state index contributed by atoms with van der Waals surface area (Å²) in [4.78, 5) is 67.1. The number of rotatable bonds is 10. The van der Waals surface area contributed by atoms with Crippen LogP contribution in [0.15, 0.2) is 53.6 Å². The van der Waals surface area contributed by atoms with Gasteiger partial charge in [-0.2, -0.15) is 0 Å². The van der Waals surface area contributed by atoms with E-state index >= 15 is 0 Å². The Kier molecular flexibility index (Phi) is 10.1. The fourth-order valence-corrected chi connectivity index (χ4v) is 8.77. The number of thiazole rings is 1. The van der Waals surface area contributed by atoms with Crippen LogP contribution in [0.1, 0.15) is 73.8 Å². The Morgan fingerprint density at radius 3 is 2.50 bits per heavy atom. The minimum atomic E-state index is -1.04. The monoisotopic (exact) mass is 756 g/mol. The first-order valence-electron chi connectivity index (χ1n) is 18.9. The van der Waals surface area contributed by atoms with E-state index < -0.39 is 23.7 Å². The Bertz CT molecular complexity index is 2110. The number of nitrogens with one attached hydrogen (secondary N) is 2. The van der Waals surface area contributed by atoms with E-state index in [-0.39, 0.29) is 29.5 Å². The maximum absolute atomic E-state index is 13.7. The molecule has 1 unspecified atom stereocenters. The number of halogens is 1. The molecule has 15 heteroatoms. The van der Waals surface area contributed by atoms with Crippen molar-refractivity contribution in [2.75, 3.05) is 60.9 Å². The van der Waals surface area contributed by atoms with Gasteiger partial charge in [0.1, 0.15) is 23.4 Å². The SMILES string of the molecule is CC(C)Oc1cc2nc(N3CCN(CC4CCN(c5ccc(C6CCC(=O)NC6=O)cn5)CC4)CC3)sc2cc1C(=O)Nc1cccn([C@H]2C[C@H]2F)c1=O. The Hall–Kier alpha value is -4.89. The van der Waals surface area contributed by atoms with E-state index in [9.17, 15) is 23.6 Å². The molecule has 0 bridgehead atoms. The number of alkyl halides is 1. The zero-order valence-corrected chi connectivity index (χ0v) is 31.3. The van der Waals surface area contributed by atoms with Gasteiger partial charge in [-0.15, -0.1) is 0 Å². The predicted octanol–water partition coefficient (Wildman–Crippen LogP) is 4.73. The van der Waals surface area contributed by atoms with Gasteiger partial charge in [-0.3, -0.25) is 29.4 Å². The summed E-state index contributed by atoms with van der Waals surface area (Å²) in [5.74, 6) is 0.688. The summed E-state index contributed by atoms with van der Waals surface area (Å²) in [6.45, 7) is 10.3. The number of hydrogen-bond donors (Lipinski definition) is 2. The zero-order chi connectivity index (χ0) is 37.5. The number of carbonyl (C=O) groups excluding carboxylic acids is 3. The van der Waals surface area contributed by atoms with Crippen molar-refractivity contribution in [2.45, 2.75) is 70.2 Å². The molecule has 6 heterocycles. The van der Waals surface area contributed by atoms with Gasteiger partial charge in [0.25, 0.3) is 11.5 Å². The molecular weight excluding hydrogens is 712 g/mol. The standard InChI is InChI=1S/C39H45FN8O5S/c1-23(2)53-32-20-30-33(18-27(32)37(51)42-29-4-3-11-48(38(29)52)31-19-28(31)40)54-39(43-30)47-16-14-45(15-17-47)22-24-9-12-46(13-10-24)34-7-5-25(21-41-34)26-6-8-35(49)44-36(26)50/h3-5,7,11,18,20-21,23-24,26,28,31H,6,8-10,12-17,19,22H2,1-2H3,(H,42,51)(H,44,49,50)/t26?,28-,31+/m1/s1. The lowest BCUT2D eigenvalue weighted by Gasteiger charge is -2.39. The van der Waals surface area contributed by atoms with E-state index in [4.69, 9.17) is 9.72 Å². The Morgan fingerprint density at radius 1 is 1.04 bits per heavy atom. The van der Waals surface area contributed by atoms with Crippen molar-refractivity contribution in [3.8, 4) is 5.75 Å². The van der Waals surface area contributed by atoms with Crippen molar-refractivity contribution < 1.29 is 23.5 Å². The second kappa shape index (κ2) is 15.1. The molecule has 1 aromatic carbocycles. The third kappa shape index (κ3) is 7.69. The smallest absolute Gasteiger partial charge is 0.274 e. The van der Waals surface area contributed by atoms with Gasteiger partial charge in [-0.05, 0) is 68.9 Å². The van der Waals surface area contributed by atoms with E-state index in [0.717, 1.165) is 85.4 Å². The molecule has 4 aromatic rings. The van der Waals surface area contributed by atoms with E-state index in [0.29, 0.717) is 36.5 Å². The van der Waals surface area contributed by atoms with Crippen LogP contribution in [0, 0.1) is 5.92 Å². The predicted molar refractivity (Wildman–Crippen MR) is 206 cm³/mol. The number of fused-ring (bicyclic) bond motifs is 1. The Labute approximate surface area is 316 Å². The van der Waals surface area contributed by atoms with Crippen LogP contribution >= 0.6 is 11.3 Å². The molecule has 0 spiro atoms. The van der Waals surface area contributed by atoms with Crippen LogP contribution in [0.5, 0.6) is 5.75 Å². The van der Waals surface area contributed by atoms with Gasteiger partial charge in [0.15, 0.2) is 5.13 Å². The average Bonchev–Trinajstić information content (AvgIpc) is 3.74. The maximum atomic E-state index is 13.7. The van der Waals surface area contributed by atoms with Gasteiger partial charge in [-0.25, -0.2) is 14.4 Å². The lowest BCUT2D eigenvalue weighted by molar-refractivity contribution is -0.134. The number of anilines is 3. The molecule has 13 nitrogen and oxygen atoms in total. The summed E-state index contributed by atoms with van der Waals surface area (Å²) in [7, 11) is 0. The Morgan fingerprint density at radius 2 is 1.81 bits per heavy atom. The molecule has 3 atom stereocenters. The molecular formula is C39H45FN8O5S. The normalized spacial score (nSPS) is 22.5. The first-order valence-corrected chi connectivity index (χ1v) is 19.7. The zero-order valence-electron chi connectivity index (χ0n) is 30.5. The largest absolute Gasteiger partial charge is 0.490 e. The van der Waals surface area contributed by atoms with Crippen molar-refractivity contribution in [1.29, 1.82) is 0 Å². The van der Waals surface area contributed by atoms with Crippen LogP contribution in [-0.4, -0.2) is 95.2 Å². The lowest BCUT2D eigenvalue weighted by Crippen LogP contribution is -2.49. The van der Waals surface area contributed by atoms with Crippen LogP contribution in [0.25, 0.3) is 10.2 Å². The molecule has 0 radical (unpaired) electrons. The second-order valence-electron chi connectivity index (χ2n) is 15.1. The van der Waals surface area contributed by atoms with Gasteiger partial charge in [0.2, 0.25) is 11.8 Å². The third-order valence-corrected chi connectivity index (χ3v) is 11.9. The molecule has 3 saturated heterocycles. The number of nitrogens with zero attached hydrogens (tertiary/aromatic N) is 6. The highest BCUT2D eigenvalue weighted by Crippen LogP contribution is 2.38. The molecule has 4 aliphatic rings. The van der Waals surface area contributed by atoms with Crippen molar-refractivity contribution in [1.82, 2.24) is 24.8 Å². The molecule has 2 N–H and O–H groups in total. The van der Waals surface area contributed by atoms with E-state index in [2.05, 4.69) is 30.3 Å². The topological polar surface area (TPSA) is 142 Å². The van der Waals surface area contributed by atoms with Gasteiger partial charge in [0.05, 0.1) is 33.8 Å². The van der Waals surface area contributed by atoms with Crippen molar-refractivity contribution >= 4 is 55.9 Å². The van der Waals surface area contributed by atoms with Gasteiger partial charge in [-0.1, -0.05) is 17.4 Å². The van der Waals surface area contributed by atoms with Crippen LogP contribution in [0.3, 0.4) is 0 Å². The van der Waals surface area contributed by atoms with E-state index in [1.54, 1.807) is 30.6 Å². The summed E-state index contributed by atoms with van der Waals surface area (Å²) >= 11 is 1.54. The van der Waals surface area contributed by atoms with Crippen molar-refractivity contribution in [2.24, 2.45) is 5.92 Å². The molecule has 284 valence electrons. The lowest BCUT2D eigenvalue weighted by atomic mass is 9.91. The van der Waals surface area contributed by atoms with Crippen molar-refractivity contribution in [3.05, 3.63) is 70.3 Å². The number of carbonyl (C=O) groups is 3. The highest BCUT2D eigenvalue weighted by molar-refractivity contribution is 7.22. The maximum Gasteiger partial charge on any atom is 0.274 e. The molecule has 1 saturated carbocycles. The van der Waals surface area contributed by atoms with Gasteiger partial charge < -0.3 is 24.4 Å². The summed E-state index contributed by atoms with van der Waals surface area (Å²) in [5.41, 5.74) is 1.58. The second-order valence-corrected chi connectivity index (χ2v) is 16.1. The molecule has 3 aromatic heterocycles. The minimum absolute atomic E-state index is 0.0981. The summed E-state index contributed by atoms with van der Waals surface area (Å²) < 4.78 is 22.0. The highest BCUT2D eigenvalue weighted by Gasteiger charge is 2.40. The number of hydrogen-bond acceptors (Lipinski definition) is 11. The molecule has 4 fully saturated rings. The Balaban J connectivity index is 0.859. The molecule has 8 rings (SSSR count). The summed E-state index contributed by atoms with van der Waals surface area (Å²) in [6, 6.07) is 10.2. The van der Waals surface area contributed by atoms with E-state index in [1.165, 1.54) is 22.0 Å². The fraction of sp³-hybridized carbons (Fsp3) is 0.487. The number of benzene rings is 1. The number of piperazine rings is 1. The number of pyridine rings is 2. The first-order chi connectivity index (χ1) is 26.1. The molecule has 3 amide bonds. The molecule has 54 heavy (non-hydrogen) atoms. The number of ether oxygens (including phenoxy) is 1. The summed E-state index contributed by atoms with van der Waals surface area (Å²) in [6.07, 6.45) is 5.46. The molecule has 3 aliphatic heterocycles.